The van der Waals surface area contributed by atoms with Crippen molar-refractivity contribution in [3.8, 4) is 17.8 Å². The van der Waals surface area contributed by atoms with Gasteiger partial charge in [-0.05, 0) is 25.1 Å². The van der Waals surface area contributed by atoms with E-state index >= 15 is 0 Å². The fourth-order valence-electron chi connectivity index (χ4n) is 7.36. The van der Waals surface area contributed by atoms with Gasteiger partial charge in [0.25, 0.3) is 0 Å². The molecule has 1 aromatic heterocycles. The van der Waals surface area contributed by atoms with Crippen molar-refractivity contribution < 1.29 is 32.2 Å². The predicted octanol–water partition coefficient (Wildman–Crippen LogP) is 4.19. The van der Waals surface area contributed by atoms with Gasteiger partial charge in [-0.3, -0.25) is 9.80 Å². The molecular formula is C36H46F3N7O4. The van der Waals surface area contributed by atoms with Crippen LogP contribution in [0.5, 0.6) is 17.8 Å². The fourth-order valence-corrected chi connectivity index (χ4v) is 7.36. The Morgan fingerprint density at radius 3 is 2.08 bits per heavy atom. The van der Waals surface area contributed by atoms with Gasteiger partial charge in [0.05, 0.1) is 19.3 Å². The van der Waals surface area contributed by atoms with Crippen LogP contribution in [-0.2, 0) is 6.54 Å². The number of piperazine rings is 3. The Bertz CT molecular complexity index is 1520. The third-order valence-corrected chi connectivity index (χ3v) is 9.76. The van der Waals surface area contributed by atoms with Gasteiger partial charge in [-0.25, -0.2) is 4.79 Å². The molecule has 11 nitrogen and oxygen atoms in total. The SMILES string of the molecule is CCOc1nc(OC)c(CN2CCN3[C@H](C2)CN(C(=O)N2CCN(C)CC2)C[C@H]3C(c2ccccc2)c2ccccc2)c(OCC(F)(F)F)n1. The number of urea groups is 1. The van der Waals surface area contributed by atoms with Crippen LogP contribution in [0.4, 0.5) is 18.0 Å². The zero-order valence-corrected chi connectivity index (χ0v) is 28.9. The minimum absolute atomic E-state index is 0.00820. The van der Waals surface area contributed by atoms with E-state index in [4.69, 9.17) is 14.2 Å². The molecule has 3 fully saturated rings. The molecule has 3 aliphatic rings. The van der Waals surface area contributed by atoms with Gasteiger partial charge >= 0.3 is 18.2 Å². The van der Waals surface area contributed by atoms with E-state index < -0.39 is 12.8 Å². The molecule has 0 radical (unpaired) electrons. The first-order valence-electron chi connectivity index (χ1n) is 17.2. The molecule has 3 saturated heterocycles. The molecule has 0 bridgehead atoms. The second kappa shape index (κ2) is 15.8. The lowest BCUT2D eigenvalue weighted by Crippen LogP contribution is -2.68. The third kappa shape index (κ3) is 8.41. The number of aromatic nitrogens is 2. The lowest BCUT2D eigenvalue weighted by Gasteiger charge is -2.54. The number of benzene rings is 2. The van der Waals surface area contributed by atoms with Gasteiger partial charge in [0.2, 0.25) is 11.8 Å². The highest BCUT2D eigenvalue weighted by atomic mass is 19.4. The summed E-state index contributed by atoms with van der Waals surface area (Å²) in [5, 5.41) is 0. The summed E-state index contributed by atoms with van der Waals surface area (Å²) in [7, 11) is 3.48. The molecule has 3 aliphatic heterocycles. The molecule has 270 valence electrons. The Hall–Kier alpha value is -4.14. The zero-order valence-electron chi connectivity index (χ0n) is 28.9. The first kappa shape index (κ1) is 35.7. The molecule has 2 amide bonds. The van der Waals surface area contributed by atoms with Crippen LogP contribution in [0, 0.1) is 0 Å². The molecule has 0 aliphatic carbocycles. The van der Waals surface area contributed by atoms with Crippen molar-refractivity contribution >= 4 is 6.03 Å². The highest BCUT2D eigenvalue weighted by Gasteiger charge is 2.44. The highest BCUT2D eigenvalue weighted by Crippen LogP contribution is 2.37. The summed E-state index contributed by atoms with van der Waals surface area (Å²) in [6.07, 6.45) is -4.56. The molecule has 3 aromatic rings. The molecule has 50 heavy (non-hydrogen) atoms. The van der Waals surface area contributed by atoms with Gasteiger partial charge in [0, 0.05) is 83.4 Å². The fraction of sp³-hybridized carbons (Fsp3) is 0.528. The molecule has 4 heterocycles. The number of fused-ring (bicyclic) bond motifs is 1. The summed E-state index contributed by atoms with van der Waals surface area (Å²) < 4.78 is 55.9. The van der Waals surface area contributed by atoms with Crippen LogP contribution in [-0.4, -0.2) is 145 Å². The van der Waals surface area contributed by atoms with Crippen LogP contribution in [0.3, 0.4) is 0 Å². The standard InChI is InChI=1S/C36H46F3N7O4/c1-4-49-34-40-32(48-3)29(33(41-34)50-25-36(37,38)39)23-43-17-20-46-28(21-43)22-45(35(47)44-18-15-42(2)16-19-44)24-30(46)31(26-11-7-5-8-12-26)27-13-9-6-10-14-27/h5-14,28,30-31H,4,15-25H2,1-3H3/t28-,30+/m1/s1. The van der Waals surface area contributed by atoms with E-state index in [0.29, 0.717) is 51.4 Å². The van der Waals surface area contributed by atoms with Gasteiger partial charge in [-0.2, -0.15) is 23.1 Å². The number of methoxy groups -OCH3 is 1. The normalized spacial score (nSPS) is 20.9. The highest BCUT2D eigenvalue weighted by molar-refractivity contribution is 5.75. The molecule has 2 aromatic carbocycles. The number of alkyl halides is 3. The maximum atomic E-state index is 14.2. The first-order valence-corrected chi connectivity index (χ1v) is 17.2. The number of carbonyl (C=O) groups excluding carboxylic acids is 1. The molecule has 14 heteroatoms. The van der Waals surface area contributed by atoms with Crippen LogP contribution in [0.25, 0.3) is 0 Å². The summed E-state index contributed by atoms with van der Waals surface area (Å²) in [5.74, 6) is -0.108. The van der Waals surface area contributed by atoms with Gasteiger partial charge in [-0.1, -0.05) is 60.7 Å². The van der Waals surface area contributed by atoms with E-state index in [1.165, 1.54) is 18.2 Å². The smallest absolute Gasteiger partial charge is 0.422 e. The summed E-state index contributed by atoms with van der Waals surface area (Å²) in [4.78, 5) is 33.5. The monoisotopic (exact) mass is 697 g/mol. The summed E-state index contributed by atoms with van der Waals surface area (Å²) >= 11 is 0. The van der Waals surface area contributed by atoms with Crippen LogP contribution in [0.2, 0.25) is 0 Å². The van der Waals surface area contributed by atoms with Crippen molar-refractivity contribution in [1.82, 2.24) is 34.5 Å². The molecule has 0 spiro atoms. The summed E-state index contributed by atoms with van der Waals surface area (Å²) in [6.45, 7) is 6.65. The average Bonchev–Trinajstić information content (AvgIpc) is 3.12. The second-order valence-corrected chi connectivity index (χ2v) is 13.1. The minimum Gasteiger partial charge on any atom is -0.481 e. The van der Waals surface area contributed by atoms with Gasteiger partial charge in [-0.15, -0.1) is 0 Å². The number of rotatable bonds is 10. The molecule has 0 saturated carbocycles. The van der Waals surface area contributed by atoms with Crippen molar-refractivity contribution in [3.63, 3.8) is 0 Å². The zero-order chi connectivity index (χ0) is 35.3. The van der Waals surface area contributed by atoms with Gasteiger partial charge in [0.15, 0.2) is 6.61 Å². The Balaban J connectivity index is 1.31. The number of halogens is 3. The Morgan fingerprint density at radius 1 is 0.840 bits per heavy atom. The van der Waals surface area contributed by atoms with E-state index in [1.54, 1.807) is 6.92 Å². The van der Waals surface area contributed by atoms with E-state index in [0.717, 1.165) is 13.1 Å². The van der Waals surface area contributed by atoms with Crippen molar-refractivity contribution in [1.29, 1.82) is 0 Å². The largest absolute Gasteiger partial charge is 0.481 e. The lowest BCUT2D eigenvalue weighted by molar-refractivity contribution is -0.154. The number of carbonyl (C=O) groups is 1. The Labute approximate surface area is 291 Å². The maximum absolute atomic E-state index is 14.2. The number of nitrogens with zero attached hydrogens (tertiary/aromatic N) is 7. The molecule has 0 unspecified atom stereocenters. The van der Waals surface area contributed by atoms with Crippen LogP contribution < -0.4 is 14.2 Å². The molecule has 6 rings (SSSR count). The predicted molar refractivity (Wildman–Crippen MR) is 182 cm³/mol. The lowest BCUT2D eigenvalue weighted by atomic mass is 9.81. The van der Waals surface area contributed by atoms with E-state index in [1.807, 2.05) is 21.9 Å². The summed E-state index contributed by atoms with van der Waals surface area (Å²) in [6, 6.07) is 20.8. The van der Waals surface area contributed by atoms with E-state index in [-0.39, 0.29) is 55.0 Å². The number of amides is 2. The number of hydrogen-bond donors (Lipinski definition) is 0. The summed E-state index contributed by atoms with van der Waals surface area (Å²) in [5.41, 5.74) is 2.68. The Morgan fingerprint density at radius 2 is 1.48 bits per heavy atom. The van der Waals surface area contributed by atoms with E-state index in [2.05, 4.69) is 80.2 Å². The maximum Gasteiger partial charge on any atom is 0.422 e. The second-order valence-electron chi connectivity index (χ2n) is 13.1. The molecule has 2 atom stereocenters. The molecule has 0 N–H and O–H groups in total. The van der Waals surface area contributed by atoms with Gasteiger partial charge < -0.3 is 28.9 Å². The number of likely N-dealkylation sites (N-methyl/N-ethyl adjacent to an activating group) is 1. The number of ether oxygens (including phenoxy) is 3. The van der Waals surface area contributed by atoms with Crippen molar-refractivity contribution in [2.75, 3.05) is 86.3 Å². The first-order chi connectivity index (χ1) is 24.1. The topological polar surface area (TPSA) is 86.7 Å². The quantitative estimate of drug-likeness (QED) is 0.310. The van der Waals surface area contributed by atoms with Gasteiger partial charge in [0.1, 0.15) is 0 Å². The van der Waals surface area contributed by atoms with Crippen molar-refractivity contribution in [3.05, 3.63) is 77.4 Å². The van der Waals surface area contributed by atoms with Crippen LogP contribution in [0.1, 0.15) is 29.5 Å². The third-order valence-electron chi connectivity index (χ3n) is 9.76. The average molecular weight is 698 g/mol. The minimum atomic E-state index is -4.56. The molecular weight excluding hydrogens is 651 g/mol. The van der Waals surface area contributed by atoms with Crippen molar-refractivity contribution in [2.45, 2.75) is 37.6 Å². The number of hydrogen-bond acceptors (Lipinski definition) is 9. The van der Waals surface area contributed by atoms with E-state index in [9.17, 15) is 18.0 Å². The Kier molecular flexibility index (Phi) is 11.3. The van der Waals surface area contributed by atoms with Crippen LogP contribution >= 0.6 is 0 Å². The van der Waals surface area contributed by atoms with Crippen LogP contribution in [0.15, 0.2) is 60.7 Å². The van der Waals surface area contributed by atoms with Crippen molar-refractivity contribution in [2.24, 2.45) is 0 Å².